The Morgan fingerprint density at radius 1 is 1.21 bits per heavy atom. The molecule has 0 spiro atoms. The van der Waals surface area contributed by atoms with Crippen molar-refractivity contribution in [3.8, 4) is 0 Å². The summed E-state index contributed by atoms with van der Waals surface area (Å²) in [5, 5.41) is 8.95. The molecule has 0 aliphatic heterocycles. The first kappa shape index (κ1) is 14.5. The highest BCUT2D eigenvalue weighted by Crippen LogP contribution is 2.34. The molecule has 2 rings (SSSR count). The first-order valence-corrected chi connectivity index (χ1v) is 7.17. The van der Waals surface area contributed by atoms with Gasteiger partial charge in [-0.15, -0.1) is 10.2 Å². The van der Waals surface area contributed by atoms with Crippen molar-refractivity contribution in [3.63, 3.8) is 0 Å². The monoisotopic (exact) mass is 294 g/mol. The fraction of sp³-hybridized carbons (Fsp3) is 0.818. The largest absolute Gasteiger partial charge is 0.445 e. The van der Waals surface area contributed by atoms with Crippen molar-refractivity contribution in [2.75, 3.05) is 18.4 Å². The van der Waals surface area contributed by atoms with Crippen molar-refractivity contribution in [2.24, 2.45) is 17.6 Å². The summed E-state index contributed by atoms with van der Waals surface area (Å²) in [6, 6.07) is 0. The van der Waals surface area contributed by atoms with Crippen LogP contribution >= 0.6 is 11.3 Å². The summed E-state index contributed by atoms with van der Waals surface area (Å²) in [5.41, 5.74) is 5.72. The van der Waals surface area contributed by atoms with Gasteiger partial charge in [-0.1, -0.05) is 24.2 Å². The zero-order valence-electron chi connectivity index (χ0n) is 10.4. The van der Waals surface area contributed by atoms with E-state index in [2.05, 4.69) is 15.5 Å². The molecule has 1 heterocycles. The summed E-state index contributed by atoms with van der Waals surface area (Å²) in [4.78, 5) is 0. The summed E-state index contributed by atoms with van der Waals surface area (Å²) in [7, 11) is 0. The molecule has 0 amide bonds. The number of hydrogen-bond donors (Lipinski definition) is 2. The molecular weight excluding hydrogens is 277 g/mol. The molecule has 8 heteroatoms. The molecule has 0 radical (unpaired) electrons. The number of hydrogen-bond acceptors (Lipinski definition) is 5. The predicted octanol–water partition coefficient (Wildman–Crippen LogP) is 2.73. The molecule has 2 atom stereocenters. The van der Waals surface area contributed by atoms with E-state index in [0.29, 0.717) is 36.3 Å². The molecule has 0 aromatic carbocycles. The van der Waals surface area contributed by atoms with Crippen molar-refractivity contribution in [3.05, 3.63) is 5.01 Å². The van der Waals surface area contributed by atoms with E-state index in [0.717, 1.165) is 19.3 Å². The smallest absolute Gasteiger partial charge is 0.360 e. The highest BCUT2D eigenvalue weighted by atomic mass is 32.1. The van der Waals surface area contributed by atoms with Gasteiger partial charge in [0, 0.05) is 6.54 Å². The van der Waals surface area contributed by atoms with Gasteiger partial charge >= 0.3 is 6.18 Å². The van der Waals surface area contributed by atoms with E-state index < -0.39 is 11.2 Å². The molecule has 2 unspecified atom stereocenters. The summed E-state index contributed by atoms with van der Waals surface area (Å²) in [6.45, 7) is 1.25. The number of halogens is 3. The first-order chi connectivity index (χ1) is 9.00. The van der Waals surface area contributed by atoms with E-state index in [9.17, 15) is 13.2 Å². The topological polar surface area (TPSA) is 63.8 Å². The molecule has 0 saturated heterocycles. The number of nitrogens with zero attached hydrogens (tertiary/aromatic N) is 2. The lowest BCUT2D eigenvalue weighted by atomic mass is 9.79. The second kappa shape index (κ2) is 6.04. The lowest BCUT2D eigenvalue weighted by molar-refractivity contribution is -0.138. The Morgan fingerprint density at radius 3 is 2.47 bits per heavy atom. The van der Waals surface area contributed by atoms with Crippen molar-refractivity contribution in [1.29, 1.82) is 0 Å². The van der Waals surface area contributed by atoms with E-state index in [1.54, 1.807) is 0 Å². The zero-order chi connectivity index (χ0) is 13.9. The Morgan fingerprint density at radius 2 is 1.89 bits per heavy atom. The third-order valence-electron chi connectivity index (χ3n) is 3.55. The number of nitrogens with one attached hydrogen (secondary N) is 1. The minimum absolute atomic E-state index is 0.230. The number of nitrogens with two attached hydrogens (primary N) is 1. The summed E-state index contributed by atoms with van der Waals surface area (Å²) in [6.07, 6.45) is 0.108. The van der Waals surface area contributed by atoms with Gasteiger partial charge < -0.3 is 11.1 Å². The van der Waals surface area contributed by atoms with Crippen LogP contribution in [0.4, 0.5) is 18.3 Å². The summed E-state index contributed by atoms with van der Waals surface area (Å²) >= 11 is 0.548. The fourth-order valence-electron chi connectivity index (χ4n) is 2.49. The minimum atomic E-state index is -4.41. The molecule has 1 aliphatic carbocycles. The van der Waals surface area contributed by atoms with Gasteiger partial charge in [-0.3, -0.25) is 0 Å². The van der Waals surface area contributed by atoms with Crippen LogP contribution in [-0.2, 0) is 6.18 Å². The number of alkyl halides is 3. The standard InChI is InChI=1S/C11H17F3N4S/c12-11(13,14)9-17-18-10(19-9)16-6-8-4-2-1-3-7(8)5-15/h7-8H,1-6,15H2,(H,16,18). The number of rotatable bonds is 4. The van der Waals surface area contributed by atoms with Gasteiger partial charge in [-0.05, 0) is 31.2 Å². The second-order valence-corrected chi connectivity index (χ2v) is 5.81. The normalized spacial score (nSPS) is 24.4. The van der Waals surface area contributed by atoms with Crippen LogP contribution < -0.4 is 11.1 Å². The predicted molar refractivity (Wildman–Crippen MR) is 67.9 cm³/mol. The van der Waals surface area contributed by atoms with Crippen LogP contribution in [0.2, 0.25) is 0 Å². The van der Waals surface area contributed by atoms with Crippen molar-refractivity contribution in [2.45, 2.75) is 31.9 Å². The first-order valence-electron chi connectivity index (χ1n) is 6.35. The van der Waals surface area contributed by atoms with E-state index in [-0.39, 0.29) is 5.13 Å². The van der Waals surface area contributed by atoms with Gasteiger partial charge in [-0.2, -0.15) is 13.2 Å². The van der Waals surface area contributed by atoms with Gasteiger partial charge in [-0.25, -0.2) is 0 Å². The minimum Gasteiger partial charge on any atom is -0.360 e. The molecule has 4 nitrogen and oxygen atoms in total. The van der Waals surface area contributed by atoms with Crippen LogP contribution in [0.25, 0.3) is 0 Å². The van der Waals surface area contributed by atoms with E-state index in [4.69, 9.17) is 5.73 Å². The van der Waals surface area contributed by atoms with Crippen LogP contribution in [0, 0.1) is 11.8 Å². The second-order valence-electron chi connectivity index (χ2n) is 4.83. The molecule has 1 saturated carbocycles. The lowest BCUT2D eigenvalue weighted by Gasteiger charge is -2.30. The maximum absolute atomic E-state index is 12.4. The van der Waals surface area contributed by atoms with Gasteiger partial charge in [0.15, 0.2) is 0 Å². The third-order valence-corrected chi connectivity index (χ3v) is 4.48. The number of anilines is 1. The number of aromatic nitrogens is 2. The average Bonchev–Trinajstić information content (AvgIpc) is 2.85. The molecule has 108 valence electrons. The van der Waals surface area contributed by atoms with Crippen LogP contribution in [0.3, 0.4) is 0 Å². The summed E-state index contributed by atoms with van der Waals surface area (Å²) in [5.74, 6) is 0.869. The molecule has 19 heavy (non-hydrogen) atoms. The van der Waals surface area contributed by atoms with Gasteiger partial charge in [0.25, 0.3) is 0 Å². The van der Waals surface area contributed by atoms with Crippen LogP contribution in [0.5, 0.6) is 0 Å². The Labute approximate surface area is 113 Å². The lowest BCUT2D eigenvalue weighted by Crippen LogP contribution is -2.31. The fourth-order valence-corrected chi connectivity index (χ4v) is 3.11. The molecular formula is C11H17F3N4S. The van der Waals surface area contributed by atoms with E-state index in [1.165, 1.54) is 6.42 Å². The van der Waals surface area contributed by atoms with E-state index in [1.807, 2.05) is 0 Å². The highest BCUT2D eigenvalue weighted by Gasteiger charge is 2.35. The molecule has 1 aliphatic rings. The van der Waals surface area contributed by atoms with Crippen molar-refractivity contribution < 1.29 is 13.2 Å². The Balaban J connectivity index is 1.89. The molecule has 1 fully saturated rings. The van der Waals surface area contributed by atoms with Crippen LogP contribution in [-0.4, -0.2) is 23.3 Å². The molecule has 1 aromatic heterocycles. The maximum Gasteiger partial charge on any atom is 0.445 e. The molecule has 0 bridgehead atoms. The van der Waals surface area contributed by atoms with Gasteiger partial charge in [0.1, 0.15) is 0 Å². The Bertz CT molecular complexity index is 407. The zero-order valence-corrected chi connectivity index (χ0v) is 11.2. The van der Waals surface area contributed by atoms with Crippen molar-refractivity contribution in [1.82, 2.24) is 10.2 Å². The average molecular weight is 294 g/mol. The SMILES string of the molecule is NCC1CCCCC1CNc1nnc(C(F)(F)F)s1. The van der Waals surface area contributed by atoms with Crippen LogP contribution in [0.15, 0.2) is 0 Å². The quantitative estimate of drug-likeness (QED) is 0.896. The maximum atomic E-state index is 12.4. The molecule has 3 N–H and O–H groups in total. The highest BCUT2D eigenvalue weighted by molar-refractivity contribution is 7.15. The van der Waals surface area contributed by atoms with Gasteiger partial charge in [0.2, 0.25) is 10.1 Å². The summed E-state index contributed by atoms with van der Waals surface area (Å²) < 4.78 is 37.1. The van der Waals surface area contributed by atoms with Crippen molar-refractivity contribution >= 4 is 16.5 Å². The Hall–Kier alpha value is -0.890. The van der Waals surface area contributed by atoms with Gasteiger partial charge in [0.05, 0.1) is 0 Å². The third kappa shape index (κ3) is 3.79. The Kier molecular flexibility index (Phi) is 4.62. The molecule has 1 aromatic rings. The van der Waals surface area contributed by atoms with E-state index >= 15 is 0 Å². The van der Waals surface area contributed by atoms with Crippen LogP contribution in [0.1, 0.15) is 30.7 Å².